The molecule has 0 aromatic rings. The van der Waals surface area contributed by atoms with Crippen molar-refractivity contribution in [2.24, 2.45) is 0 Å². The van der Waals surface area contributed by atoms with E-state index in [0.29, 0.717) is 0 Å². The van der Waals surface area contributed by atoms with Crippen LogP contribution in [-0.4, -0.2) is 34.4 Å². The first-order valence-corrected chi connectivity index (χ1v) is 3.96. The number of thioether (sulfide) groups is 1. The standard InChI is InChI=1S/C5H11NOS/c1-5(7)6-2-3-8-4-6/h5,7H,2-4H2,1H3. The molecule has 0 aromatic carbocycles. The van der Waals surface area contributed by atoms with Gasteiger partial charge in [0.15, 0.2) is 0 Å². The first-order chi connectivity index (χ1) is 3.80. The average molecular weight is 133 g/mol. The summed E-state index contributed by atoms with van der Waals surface area (Å²) in [6.07, 6.45) is -0.245. The van der Waals surface area contributed by atoms with Crippen molar-refractivity contribution in [3.63, 3.8) is 0 Å². The molecule has 1 unspecified atom stereocenters. The molecule has 0 aliphatic carbocycles. The minimum absolute atomic E-state index is 0.245. The second-order valence-electron chi connectivity index (χ2n) is 1.98. The monoisotopic (exact) mass is 133 g/mol. The number of rotatable bonds is 1. The van der Waals surface area contributed by atoms with E-state index in [0.717, 1.165) is 12.4 Å². The summed E-state index contributed by atoms with van der Waals surface area (Å²) in [4.78, 5) is 2.05. The summed E-state index contributed by atoms with van der Waals surface area (Å²) >= 11 is 1.88. The van der Waals surface area contributed by atoms with Crippen LogP contribution in [0, 0.1) is 0 Å². The fraction of sp³-hybridized carbons (Fsp3) is 1.00. The molecule has 0 saturated carbocycles. The van der Waals surface area contributed by atoms with Crippen molar-refractivity contribution in [2.75, 3.05) is 18.2 Å². The van der Waals surface area contributed by atoms with Gasteiger partial charge in [0.25, 0.3) is 0 Å². The lowest BCUT2D eigenvalue weighted by atomic mass is 10.5. The molecule has 2 nitrogen and oxygen atoms in total. The normalized spacial score (nSPS) is 26.2. The first kappa shape index (κ1) is 6.39. The Morgan fingerprint density at radius 2 is 2.50 bits per heavy atom. The Kier molecular flexibility index (Phi) is 2.16. The summed E-state index contributed by atoms with van der Waals surface area (Å²) in [5, 5.41) is 8.96. The summed E-state index contributed by atoms with van der Waals surface area (Å²) < 4.78 is 0. The van der Waals surface area contributed by atoms with Gasteiger partial charge < -0.3 is 5.11 Å². The van der Waals surface area contributed by atoms with Gasteiger partial charge in [-0.1, -0.05) is 0 Å². The summed E-state index contributed by atoms with van der Waals surface area (Å²) in [5.74, 6) is 2.17. The van der Waals surface area contributed by atoms with E-state index in [1.807, 2.05) is 23.6 Å². The molecule has 0 radical (unpaired) electrons. The lowest BCUT2D eigenvalue weighted by molar-refractivity contribution is 0.0425. The molecule has 3 heteroatoms. The second kappa shape index (κ2) is 2.71. The van der Waals surface area contributed by atoms with Crippen LogP contribution in [0.1, 0.15) is 6.92 Å². The summed E-state index contributed by atoms with van der Waals surface area (Å²) in [6, 6.07) is 0. The smallest absolute Gasteiger partial charge is 0.105 e. The number of nitrogens with zero attached hydrogens (tertiary/aromatic N) is 1. The van der Waals surface area contributed by atoms with Gasteiger partial charge in [-0.15, -0.1) is 11.8 Å². The van der Waals surface area contributed by atoms with Gasteiger partial charge in [0, 0.05) is 18.2 Å². The molecular formula is C5H11NOS. The van der Waals surface area contributed by atoms with Crippen LogP contribution >= 0.6 is 11.8 Å². The second-order valence-corrected chi connectivity index (χ2v) is 3.06. The van der Waals surface area contributed by atoms with Crippen molar-refractivity contribution < 1.29 is 5.11 Å². The van der Waals surface area contributed by atoms with Crippen LogP contribution < -0.4 is 0 Å². The van der Waals surface area contributed by atoms with E-state index in [1.165, 1.54) is 5.75 Å². The Morgan fingerprint density at radius 1 is 1.75 bits per heavy atom. The van der Waals surface area contributed by atoms with Gasteiger partial charge in [0.1, 0.15) is 6.23 Å². The van der Waals surface area contributed by atoms with Crippen LogP contribution in [0.3, 0.4) is 0 Å². The van der Waals surface area contributed by atoms with Gasteiger partial charge in [0.05, 0.1) is 0 Å². The molecular weight excluding hydrogens is 122 g/mol. The predicted molar refractivity (Wildman–Crippen MR) is 35.7 cm³/mol. The Balaban J connectivity index is 2.24. The van der Waals surface area contributed by atoms with E-state index in [4.69, 9.17) is 5.11 Å². The predicted octanol–water partition coefficient (Wildman–Crippen LogP) is 0.331. The number of aliphatic hydroxyl groups is 1. The maximum atomic E-state index is 8.96. The lowest BCUT2D eigenvalue weighted by Crippen LogP contribution is -2.29. The van der Waals surface area contributed by atoms with Crippen LogP contribution in [0.15, 0.2) is 0 Å². The largest absolute Gasteiger partial charge is 0.379 e. The highest BCUT2D eigenvalue weighted by Crippen LogP contribution is 2.14. The van der Waals surface area contributed by atoms with Crippen molar-refractivity contribution in [1.82, 2.24) is 4.90 Å². The number of hydrogen-bond donors (Lipinski definition) is 1. The highest BCUT2D eigenvalue weighted by atomic mass is 32.2. The van der Waals surface area contributed by atoms with Gasteiger partial charge >= 0.3 is 0 Å². The van der Waals surface area contributed by atoms with Crippen molar-refractivity contribution in [3.8, 4) is 0 Å². The van der Waals surface area contributed by atoms with Crippen molar-refractivity contribution in [1.29, 1.82) is 0 Å². The van der Waals surface area contributed by atoms with Crippen LogP contribution in [0.25, 0.3) is 0 Å². The van der Waals surface area contributed by atoms with Crippen LogP contribution in [0.5, 0.6) is 0 Å². The van der Waals surface area contributed by atoms with E-state index in [9.17, 15) is 0 Å². The highest BCUT2D eigenvalue weighted by Gasteiger charge is 2.14. The summed E-state index contributed by atoms with van der Waals surface area (Å²) in [5.41, 5.74) is 0. The molecule has 1 heterocycles. The quantitative estimate of drug-likeness (QED) is 0.557. The molecule has 1 aliphatic rings. The van der Waals surface area contributed by atoms with E-state index in [-0.39, 0.29) is 6.23 Å². The Morgan fingerprint density at radius 3 is 2.75 bits per heavy atom. The molecule has 1 N–H and O–H groups in total. The Hall–Kier alpha value is 0.270. The number of aliphatic hydroxyl groups excluding tert-OH is 1. The zero-order valence-electron chi connectivity index (χ0n) is 5.00. The zero-order chi connectivity index (χ0) is 5.98. The summed E-state index contributed by atoms with van der Waals surface area (Å²) in [7, 11) is 0. The molecule has 1 atom stereocenters. The van der Waals surface area contributed by atoms with Crippen LogP contribution in [-0.2, 0) is 0 Å². The lowest BCUT2D eigenvalue weighted by Gasteiger charge is -2.16. The molecule has 8 heavy (non-hydrogen) atoms. The van der Waals surface area contributed by atoms with E-state index < -0.39 is 0 Å². The number of hydrogen-bond acceptors (Lipinski definition) is 3. The average Bonchev–Trinajstić information content (AvgIpc) is 2.12. The molecule has 0 aromatic heterocycles. The molecule has 0 bridgehead atoms. The Bertz CT molecular complexity index is 70.8. The fourth-order valence-electron chi connectivity index (χ4n) is 0.723. The third-order valence-corrected chi connectivity index (χ3v) is 2.29. The molecule has 1 rings (SSSR count). The zero-order valence-corrected chi connectivity index (χ0v) is 5.82. The van der Waals surface area contributed by atoms with Gasteiger partial charge in [0.2, 0.25) is 0 Å². The molecule has 1 saturated heterocycles. The van der Waals surface area contributed by atoms with Crippen LogP contribution in [0.4, 0.5) is 0 Å². The third kappa shape index (κ3) is 1.37. The molecule has 48 valence electrons. The van der Waals surface area contributed by atoms with E-state index in [2.05, 4.69) is 0 Å². The maximum Gasteiger partial charge on any atom is 0.105 e. The fourth-order valence-corrected chi connectivity index (χ4v) is 1.79. The van der Waals surface area contributed by atoms with Gasteiger partial charge in [-0.2, -0.15) is 0 Å². The first-order valence-electron chi connectivity index (χ1n) is 2.80. The molecule has 0 spiro atoms. The van der Waals surface area contributed by atoms with Gasteiger partial charge in [-0.05, 0) is 6.92 Å². The Labute approximate surface area is 53.9 Å². The van der Waals surface area contributed by atoms with Gasteiger partial charge in [-0.25, -0.2) is 0 Å². The molecule has 0 amide bonds. The molecule has 1 aliphatic heterocycles. The maximum absolute atomic E-state index is 8.96. The SMILES string of the molecule is CC(O)N1CCSC1. The van der Waals surface area contributed by atoms with Crippen molar-refractivity contribution >= 4 is 11.8 Å². The van der Waals surface area contributed by atoms with Crippen LogP contribution in [0.2, 0.25) is 0 Å². The topological polar surface area (TPSA) is 23.5 Å². The van der Waals surface area contributed by atoms with Gasteiger partial charge in [-0.3, -0.25) is 4.90 Å². The highest BCUT2D eigenvalue weighted by molar-refractivity contribution is 7.99. The van der Waals surface area contributed by atoms with Crippen molar-refractivity contribution in [2.45, 2.75) is 13.2 Å². The minimum atomic E-state index is -0.245. The van der Waals surface area contributed by atoms with E-state index >= 15 is 0 Å². The van der Waals surface area contributed by atoms with Crippen molar-refractivity contribution in [3.05, 3.63) is 0 Å². The summed E-state index contributed by atoms with van der Waals surface area (Å²) in [6.45, 7) is 2.86. The molecule has 1 fully saturated rings. The van der Waals surface area contributed by atoms with E-state index in [1.54, 1.807) is 0 Å². The minimum Gasteiger partial charge on any atom is -0.379 e. The third-order valence-electron chi connectivity index (χ3n) is 1.31.